The minimum atomic E-state index is 0.602. The highest BCUT2D eigenvalue weighted by Gasteiger charge is 2.26. The van der Waals surface area contributed by atoms with E-state index in [1.807, 2.05) is 108 Å². The second kappa shape index (κ2) is 23.5. The molecule has 18 aromatic rings. The van der Waals surface area contributed by atoms with Gasteiger partial charge in [0, 0.05) is 30.3 Å². The van der Waals surface area contributed by atoms with E-state index in [4.69, 9.17) is 0 Å². The highest BCUT2D eigenvalue weighted by Crippen LogP contribution is 2.29. The average Bonchev–Trinajstić information content (AvgIpc) is 1.63. The minimum absolute atomic E-state index is 0.602. The molecule has 0 aliphatic rings. The summed E-state index contributed by atoms with van der Waals surface area (Å²) in [4.78, 5) is 8.95. The molecule has 0 N–H and O–H groups in total. The average molecular weight is 1220 g/mol. The maximum Gasteiger partial charge on any atom is 0.301 e. The monoisotopic (exact) mass is 1220 g/mol. The van der Waals surface area contributed by atoms with Crippen molar-refractivity contribution in [3.05, 3.63) is 317 Å². The molecule has 0 amide bonds. The van der Waals surface area contributed by atoms with E-state index in [0.717, 1.165) is 89.9 Å². The van der Waals surface area contributed by atoms with Gasteiger partial charge in [-0.3, -0.25) is 0 Å². The van der Waals surface area contributed by atoms with E-state index in [9.17, 15) is 5.26 Å². The number of nitrogens with zero attached hydrogens (tertiary/aromatic N) is 15. The van der Waals surface area contributed by atoms with E-state index in [2.05, 4.69) is 302 Å². The molecule has 0 bridgehead atoms. The summed E-state index contributed by atoms with van der Waals surface area (Å²) >= 11 is 0. The number of aromatic nitrogens is 14. The van der Waals surface area contributed by atoms with Crippen molar-refractivity contribution in [1.29, 1.82) is 5.26 Å². The zero-order chi connectivity index (χ0) is 63.4. The summed E-state index contributed by atoms with van der Waals surface area (Å²) in [6.07, 6.45) is 16.3. The number of nitriles is 1. The van der Waals surface area contributed by atoms with Crippen LogP contribution in [0.3, 0.4) is 0 Å². The molecule has 0 aliphatic heterocycles. The van der Waals surface area contributed by atoms with Gasteiger partial charge in [-0.05, 0) is 132 Å². The molecule has 15 nitrogen and oxygen atoms in total. The van der Waals surface area contributed by atoms with Gasteiger partial charge in [0.1, 0.15) is 57.9 Å². The quantitative estimate of drug-likeness (QED) is 0.142. The van der Waals surface area contributed by atoms with Crippen molar-refractivity contribution in [3.8, 4) is 51.6 Å². The number of pyridine rings is 2. The van der Waals surface area contributed by atoms with Crippen LogP contribution in [-0.2, 0) is 28.2 Å². The van der Waals surface area contributed by atoms with E-state index in [1.165, 1.54) is 32.8 Å². The Kier molecular flexibility index (Phi) is 14.1. The van der Waals surface area contributed by atoms with Crippen LogP contribution in [0, 0.1) is 11.3 Å². The zero-order valence-electron chi connectivity index (χ0n) is 52.2. The van der Waals surface area contributed by atoms with Crippen molar-refractivity contribution in [2.45, 2.75) is 0 Å². The Labute approximate surface area is 541 Å². The van der Waals surface area contributed by atoms with Gasteiger partial charge in [0.15, 0.2) is 67.8 Å². The van der Waals surface area contributed by atoms with Crippen LogP contribution in [-0.4, -0.2) is 37.4 Å². The van der Waals surface area contributed by atoms with Crippen LogP contribution >= 0.6 is 0 Å². The Morgan fingerprint density at radius 3 is 1.14 bits per heavy atom. The number of para-hydroxylation sites is 8. The third-order valence-corrected chi connectivity index (χ3v) is 17.6. The second-order valence-electron chi connectivity index (χ2n) is 23.5. The molecule has 0 aliphatic carbocycles. The summed E-state index contributed by atoms with van der Waals surface area (Å²) in [6.45, 7) is 0. The van der Waals surface area contributed by atoms with Crippen molar-refractivity contribution in [2.24, 2.45) is 28.2 Å². The highest BCUT2D eigenvalue weighted by atomic mass is 15.2. The van der Waals surface area contributed by atoms with E-state index in [-0.39, 0.29) is 0 Å². The summed E-state index contributed by atoms with van der Waals surface area (Å²) < 4.78 is 26.0. The van der Waals surface area contributed by atoms with Crippen molar-refractivity contribution < 1.29 is 27.4 Å². The summed E-state index contributed by atoms with van der Waals surface area (Å²) in [5.74, 6) is 0. The fourth-order valence-corrected chi connectivity index (χ4v) is 13.1. The molecule has 94 heavy (non-hydrogen) atoms. The standard InChI is InChI=1S/C33H23N5.C26H22N4.C20H18N6/c34-22-25-19-28(37-23-35(26-11-3-1-4-12-26)30-15-7-9-17-32(30)37)21-29(20-25)38-24-36(27-13-5-2-6-14-27)31-16-8-10-18-33(31)38;1-27-17-29(24-13-6-5-12-23(24)27)21-10-7-11-22(16-21)30-18-28(2)25-14-19-8-3-4-9-20(19)15-26(25)30;1-23-13-25(17-8-4-10-21-19(17)23)15-6-3-7-16(12-15)26-14-24(2)20-18(26)9-5-11-22-20/h1-21,23-24H;3-18H,1-2H3;3-14H,1-2H3/q3*+2. The first-order valence-electron chi connectivity index (χ1n) is 31.1. The van der Waals surface area contributed by atoms with Crippen LogP contribution in [0.2, 0.25) is 0 Å². The number of aryl methyl sites for hydroxylation is 4. The fourth-order valence-electron chi connectivity index (χ4n) is 13.1. The smallest absolute Gasteiger partial charge is 0.236 e. The molecule has 0 fully saturated rings. The van der Waals surface area contributed by atoms with Crippen molar-refractivity contribution in [1.82, 2.24) is 37.4 Å². The van der Waals surface area contributed by atoms with Gasteiger partial charge in [-0.25, -0.2) is 27.4 Å². The largest absolute Gasteiger partial charge is 0.301 e. The number of hydrogen-bond donors (Lipinski definition) is 0. The third-order valence-electron chi connectivity index (χ3n) is 17.6. The number of rotatable bonds is 8. The van der Waals surface area contributed by atoms with Gasteiger partial charge >= 0.3 is 11.3 Å². The fraction of sp³-hybridized carbons (Fsp3) is 0.0506. The molecule has 0 unspecified atom stereocenters. The summed E-state index contributed by atoms with van der Waals surface area (Å²) in [7, 11) is 8.23. The zero-order valence-corrected chi connectivity index (χ0v) is 52.2. The van der Waals surface area contributed by atoms with Crippen LogP contribution in [0.5, 0.6) is 0 Å². The van der Waals surface area contributed by atoms with Gasteiger partial charge in [0.05, 0.1) is 39.8 Å². The van der Waals surface area contributed by atoms with E-state index in [1.54, 1.807) is 0 Å². The molecule has 8 heterocycles. The Bertz CT molecular complexity index is 5720. The van der Waals surface area contributed by atoms with Gasteiger partial charge in [-0.1, -0.05) is 109 Å². The molecule has 0 radical (unpaired) electrons. The number of benzene rings is 10. The first-order valence-corrected chi connectivity index (χ1v) is 31.1. The van der Waals surface area contributed by atoms with E-state index < -0.39 is 0 Å². The molecule has 10 aromatic carbocycles. The van der Waals surface area contributed by atoms with Gasteiger partial charge in [0.2, 0.25) is 12.7 Å². The van der Waals surface area contributed by atoms with Gasteiger partial charge in [-0.15, -0.1) is 9.97 Å². The summed E-state index contributed by atoms with van der Waals surface area (Å²) in [6, 6.07) is 92.6. The molecular weight excluding hydrogens is 1160 g/mol. The summed E-state index contributed by atoms with van der Waals surface area (Å²) in [5, 5.41) is 12.5. The molecule has 448 valence electrons. The lowest BCUT2D eigenvalue weighted by Gasteiger charge is -2.03. The molecule has 0 saturated heterocycles. The number of fused-ring (bicyclic) bond motifs is 7. The van der Waals surface area contributed by atoms with Gasteiger partial charge in [-0.2, -0.15) is 32.7 Å². The van der Waals surface area contributed by atoms with Crippen LogP contribution in [0.1, 0.15) is 5.56 Å². The maximum absolute atomic E-state index is 9.99. The van der Waals surface area contributed by atoms with Crippen LogP contribution in [0.15, 0.2) is 311 Å². The third kappa shape index (κ3) is 10.0. The molecule has 0 atom stereocenters. The number of hydrogen-bond acceptors (Lipinski definition) is 3. The van der Waals surface area contributed by atoms with Crippen LogP contribution < -0.4 is 27.4 Å². The lowest BCUT2D eigenvalue weighted by atomic mass is 10.1. The molecule has 15 heteroatoms. The lowest BCUT2D eigenvalue weighted by Crippen LogP contribution is -2.28. The summed E-state index contributed by atoms with van der Waals surface area (Å²) in [5.41, 5.74) is 22.3. The number of imidazole rings is 6. The minimum Gasteiger partial charge on any atom is -0.236 e. The van der Waals surface area contributed by atoms with Crippen molar-refractivity contribution >= 4 is 77.2 Å². The van der Waals surface area contributed by atoms with Crippen LogP contribution in [0.25, 0.3) is 123 Å². The van der Waals surface area contributed by atoms with E-state index >= 15 is 0 Å². The Morgan fingerprint density at radius 2 is 0.649 bits per heavy atom. The highest BCUT2D eigenvalue weighted by molar-refractivity contribution is 5.94. The molecule has 18 rings (SSSR count). The normalized spacial score (nSPS) is 11.4. The van der Waals surface area contributed by atoms with E-state index in [0.29, 0.717) is 5.56 Å². The Morgan fingerprint density at radius 1 is 0.287 bits per heavy atom. The lowest BCUT2D eigenvalue weighted by molar-refractivity contribution is -0.647. The predicted molar refractivity (Wildman–Crippen MR) is 366 cm³/mol. The molecule has 0 spiro atoms. The van der Waals surface area contributed by atoms with Gasteiger partial charge in [0.25, 0.3) is 12.7 Å². The van der Waals surface area contributed by atoms with Gasteiger partial charge < -0.3 is 0 Å². The molecular formula is C79H63N15+6. The Hall–Kier alpha value is -12.9. The van der Waals surface area contributed by atoms with Crippen molar-refractivity contribution in [2.75, 3.05) is 0 Å². The SMILES string of the molecule is C[n+]1cn(-c2cccc(-n3c[n+](C)c4cc5ccccc5cc43)c2)c2ccccc21.C[n+]1cn(-c2cccc(-n3c[n+](C)c4ncccc43)c2)c2cccnc21.N#Cc1cc(-n2c[n+](-c3ccccc3)c3ccccc32)cc(-n2c[n+](-c3ccccc3)c3ccccc32)c1. The predicted octanol–water partition coefficient (Wildman–Crippen LogP) is 12.4. The molecule has 0 saturated carbocycles. The van der Waals surface area contributed by atoms with Crippen LogP contribution in [0.4, 0.5) is 0 Å². The second-order valence-corrected chi connectivity index (χ2v) is 23.5. The topological polar surface area (TPSA) is 102 Å². The van der Waals surface area contributed by atoms with Crippen molar-refractivity contribution in [3.63, 3.8) is 0 Å². The first kappa shape index (κ1) is 56.3. The Balaban J connectivity index is 0.000000114. The maximum atomic E-state index is 9.99. The first-order chi connectivity index (χ1) is 46.2. The molecule has 8 aromatic heterocycles.